The molecule has 0 aliphatic heterocycles. The van der Waals surface area contributed by atoms with E-state index in [1.807, 2.05) is 0 Å². The van der Waals surface area contributed by atoms with Crippen LogP contribution < -0.4 is 20.1 Å². The van der Waals surface area contributed by atoms with Gasteiger partial charge in [0.25, 0.3) is 0 Å². The van der Waals surface area contributed by atoms with Gasteiger partial charge in [0, 0.05) is 16.8 Å². The van der Waals surface area contributed by atoms with Crippen LogP contribution in [-0.2, 0) is 9.59 Å². The minimum Gasteiger partial charge on any atom is -0.497 e. The first-order valence-corrected chi connectivity index (χ1v) is 9.20. The zero-order chi connectivity index (χ0) is 18.9. The van der Waals surface area contributed by atoms with E-state index >= 15 is 0 Å². The SMILES string of the molecule is COc1ccc(OC)c(NC(=O)CSCC(=O)Nc2ccc(Cl)cc2)c1. The second-order valence-electron chi connectivity index (χ2n) is 5.16. The minimum atomic E-state index is -0.235. The highest BCUT2D eigenvalue weighted by Gasteiger charge is 2.10. The van der Waals surface area contributed by atoms with Gasteiger partial charge in [0.2, 0.25) is 11.8 Å². The van der Waals surface area contributed by atoms with Crippen LogP contribution in [0.5, 0.6) is 11.5 Å². The average molecular weight is 395 g/mol. The molecule has 0 radical (unpaired) electrons. The molecule has 6 nitrogen and oxygen atoms in total. The zero-order valence-corrected chi connectivity index (χ0v) is 15.9. The molecule has 0 saturated carbocycles. The Morgan fingerprint density at radius 3 is 2.23 bits per heavy atom. The maximum atomic E-state index is 12.1. The number of carbonyl (C=O) groups excluding carboxylic acids is 2. The molecule has 2 aromatic rings. The molecule has 0 aliphatic rings. The van der Waals surface area contributed by atoms with Crippen LogP contribution in [0.3, 0.4) is 0 Å². The van der Waals surface area contributed by atoms with Gasteiger partial charge in [0.05, 0.1) is 31.4 Å². The van der Waals surface area contributed by atoms with Crippen LogP contribution >= 0.6 is 23.4 Å². The molecule has 2 rings (SSSR count). The predicted octanol–water partition coefficient (Wildman–Crippen LogP) is 3.67. The Morgan fingerprint density at radius 2 is 1.62 bits per heavy atom. The number of rotatable bonds is 8. The van der Waals surface area contributed by atoms with Gasteiger partial charge >= 0.3 is 0 Å². The molecule has 26 heavy (non-hydrogen) atoms. The van der Waals surface area contributed by atoms with E-state index in [2.05, 4.69) is 10.6 Å². The fourth-order valence-corrected chi connectivity index (χ4v) is 2.81. The number of anilines is 2. The highest BCUT2D eigenvalue weighted by Crippen LogP contribution is 2.29. The molecule has 138 valence electrons. The monoisotopic (exact) mass is 394 g/mol. The standard InChI is InChI=1S/C18H19ClN2O4S/c1-24-14-7-8-16(25-2)15(9-14)21-18(23)11-26-10-17(22)20-13-5-3-12(19)4-6-13/h3-9H,10-11H2,1-2H3,(H,20,22)(H,21,23). The molecule has 0 aromatic heterocycles. The molecule has 0 unspecified atom stereocenters. The van der Waals surface area contributed by atoms with Crippen molar-refractivity contribution in [2.45, 2.75) is 0 Å². The van der Waals surface area contributed by atoms with Gasteiger partial charge in [-0.1, -0.05) is 11.6 Å². The Balaban J connectivity index is 1.80. The van der Waals surface area contributed by atoms with E-state index in [0.717, 1.165) is 0 Å². The van der Waals surface area contributed by atoms with Crippen molar-refractivity contribution in [1.29, 1.82) is 0 Å². The van der Waals surface area contributed by atoms with E-state index in [4.69, 9.17) is 21.1 Å². The van der Waals surface area contributed by atoms with Crippen LogP contribution in [0.25, 0.3) is 0 Å². The van der Waals surface area contributed by atoms with Gasteiger partial charge in [-0.3, -0.25) is 9.59 Å². The summed E-state index contributed by atoms with van der Waals surface area (Å²) in [5.41, 5.74) is 1.17. The number of ether oxygens (including phenoxy) is 2. The van der Waals surface area contributed by atoms with Crippen LogP contribution in [0.1, 0.15) is 0 Å². The molecule has 8 heteroatoms. The van der Waals surface area contributed by atoms with E-state index in [9.17, 15) is 9.59 Å². The van der Waals surface area contributed by atoms with Crippen LogP contribution in [0.2, 0.25) is 5.02 Å². The second-order valence-corrected chi connectivity index (χ2v) is 6.58. The van der Waals surface area contributed by atoms with Crippen molar-refractivity contribution in [3.8, 4) is 11.5 Å². The first-order chi connectivity index (χ1) is 12.5. The third kappa shape index (κ3) is 6.16. The molecule has 0 fully saturated rings. The molecule has 0 spiro atoms. The first-order valence-electron chi connectivity index (χ1n) is 7.67. The lowest BCUT2D eigenvalue weighted by Gasteiger charge is -2.11. The molecular weight excluding hydrogens is 376 g/mol. The van der Waals surface area contributed by atoms with Gasteiger partial charge < -0.3 is 20.1 Å². The topological polar surface area (TPSA) is 76.7 Å². The van der Waals surface area contributed by atoms with E-state index in [1.165, 1.54) is 18.9 Å². The third-order valence-corrected chi connectivity index (χ3v) is 4.46. The summed E-state index contributed by atoms with van der Waals surface area (Å²) in [6.45, 7) is 0. The summed E-state index contributed by atoms with van der Waals surface area (Å²) >= 11 is 7.01. The van der Waals surface area contributed by atoms with Crippen LogP contribution in [-0.4, -0.2) is 37.5 Å². The predicted molar refractivity (Wildman–Crippen MR) is 106 cm³/mol. The Hall–Kier alpha value is -2.38. The maximum Gasteiger partial charge on any atom is 0.234 e. The number of thioether (sulfide) groups is 1. The number of amides is 2. The summed E-state index contributed by atoms with van der Waals surface area (Å²) in [6.07, 6.45) is 0. The van der Waals surface area contributed by atoms with E-state index in [1.54, 1.807) is 49.6 Å². The highest BCUT2D eigenvalue weighted by molar-refractivity contribution is 8.00. The van der Waals surface area contributed by atoms with Crippen LogP contribution in [0, 0.1) is 0 Å². The molecule has 0 heterocycles. The van der Waals surface area contributed by atoms with E-state index in [0.29, 0.717) is 27.9 Å². The molecular formula is C18H19ClN2O4S. The Morgan fingerprint density at radius 1 is 0.962 bits per heavy atom. The van der Waals surface area contributed by atoms with E-state index in [-0.39, 0.29) is 23.3 Å². The highest BCUT2D eigenvalue weighted by atomic mass is 35.5. The number of nitrogens with one attached hydrogen (secondary N) is 2. The van der Waals surface area contributed by atoms with Gasteiger partial charge in [0.15, 0.2) is 0 Å². The molecule has 0 aliphatic carbocycles. The Kier molecular flexibility index (Phi) is 7.62. The summed E-state index contributed by atoms with van der Waals surface area (Å²) in [4.78, 5) is 24.0. The molecule has 2 aromatic carbocycles. The number of hydrogen-bond donors (Lipinski definition) is 2. The van der Waals surface area contributed by atoms with Crippen LogP contribution in [0.4, 0.5) is 11.4 Å². The summed E-state index contributed by atoms with van der Waals surface area (Å²) in [6, 6.07) is 11.9. The summed E-state index contributed by atoms with van der Waals surface area (Å²) in [7, 11) is 3.07. The molecule has 0 atom stereocenters. The van der Waals surface area contributed by atoms with Gasteiger partial charge in [-0.2, -0.15) is 0 Å². The fraction of sp³-hybridized carbons (Fsp3) is 0.222. The normalized spacial score (nSPS) is 10.1. The lowest BCUT2D eigenvalue weighted by atomic mass is 10.2. The lowest BCUT2D eigenvalue weighted by Crippen LogP contribution is -2.18. The minimum absolute atomic E-state index is 0.133. The number of benzene rings is 2. The number of hydrogen-bond acceptors (Lipinski definition) is 5. The summed E-state index contributed by atoms with van der Waals surface area (Å²) in [5.74, 6) is 1.00. The Labute approximate surface area is 161 Å². The Bertz CT molecular complexity index is 768. The smallest absolute Gasteiger partial charge is 0.234 e. The zero-order valence-electron chi connectivity index (χ0n) is 14.4. The van der Waals surface area contributed by atoms with Crippen molar-refractivity contribution < 1.29 is 19.1 Å². The van der Waals surface area contributed by atoms with Gasteiger partial charge in [-0.15, -0.1) is 11.8 Å². The van der Waals surface area contributed by atoms with Crippen molar-refractivity contribution in [1.82, 2.24) is 0 Å². The van der Waals surface area contributed by atoms with Crippen molar-refractivity contribution in [3.63, 3.8) is 0 Å². The number of carbonyl (C=O) groups is 2. The number of halogens is 1. The molecule has 0 saturated heterocycles. The second kappa shape index (κ2) is 9.94. The van der Waals surface area contributed by atoms with Gasteiger partial charge in [-0.05, 0) is 36.4 Å². The number of methoxy groups -OCH3 is 2. The van der Waals surface area contributed by atoms with Crippen molar-refractivity contribution in [2.75, 3.05) is 36.4 Å². The molecule has 2 N–H and O–H groups in total. The summed E-state index contributed by atoms with van der Waals surface area (Å²) in [5, 5.41) is 6.09. The van der Waals surface area contributed by atoms with Crippen molar-refractivity contribution >= 4 is 46.6 Å². The third-order valence-electron chi connectivity index (χ3n) is 3.28. The quantitative estimate of drug-likeness (QED) is 0.714. The largest absolute Gasteiger partial charge is 0.497 e. The fourth-order valence-electron chi connectivity index (χ4n) is 2.06. The summed E-state index contributed by atoms with van der Waals surface area (Å²) < 4.78 is 10.4. The lowest BCUT2D eigenvalue weighted by molar-refractivity contribution is -0.114. The average Bonchev–Trinajstić information content (AvgIpc) is 2.63. The van der Waals surface area contributed by atoms with Crippen LogP contribution in [0.15, 0.2) is 42.5 Å². The van der Waals surface area contributed by atoms with Gasteiger partial charge in [-0.25, -0.2) is 0 Å². The maximum absolute atomic E-state index is 12.1. The van der Waals surface area contributed by atoms with Crippen molar-refractivity contribution in [2.24, 2.45) is 0 Å². The van der Waals surface area contributed by atoms with Crippen molar-refractivity contribution in [3.05, 3.63) is 47.5 Å². The van der Waals surface area contributed by atoms with Gasteiger partial charge in [0.1, 0.15) is 11.5 Å². The molecule has 2 amide bonds. The van der Waals surface area contributed by atoms with E-state index < -0.39 is 0 Å². The molecule has 0 bridgehead atoms. The first kappa shape index (κ1) is 19.9.